The van der Waals surface area contributed by atoms with Crippen LogP contribution in [0.25, 0.3) is 22.1 Å². The molecule has 1 aromatic carbocycles. The predicted molar refractivity (Wildman–Crippen MR) is 106 cm³/mol. The van der Waals surface area contributed by atoms with Gasteiger partial charge in [0.2, 0.25) is 0 Å². The minimum absolute atomic E-state index is 0.459. The van der Waals surface area contributed by atoms with Crippen molar-refractivity contribution in [3.63, 3.8) is 0 Å². The Morgan fingerprint density at radius 1 is 1.07 bits per heavy atom. The first-order valence-corrected chi connectivity index (χ1v) is 9.54. The van der Waals surface area contributed by atoms with Gasteiger partial charge in [-0.25, -0.2) is 15.0 Å². The molecule has 1 aliphatic rings. The summed E-state index contributed by atoms with van der Waals surface area (Å²) in [6, 6.07) is 8.19. The molecule has 27 heavy (non-hydrogen) atoms. The Morgan fingerprint density at radius 3 is 2.70 bits per heavy atom. The average molecular weight is 361 g/mol. The van der Waals surface area contributed by atoms with Crippen LogP contribution in [0.15, 0.2) is 30.5 Å². The van der Waals surface area contributed by atoms with Crippen LogP contribution < -0.4 is 5.32 Å². The smallest absolute Gasteiger partial charge is 0.163 e. The molecule has 1 aliphatic carbocycles. The molecule has 0 radical (unpaired) electrons. The number of para-hydroxylation sites is 2. The van der Waals surface area contributed by atoms with E-state index in [-0.39, 0.29) is 0 Å². The van der Waals surface area contributed by atoms with Gasteiger partial charge in [-0.3, -0.25) is 4.68 Å². The van der Waals surface area contributed by atoms with Crippen LogP contribution in [0.1, 0.15) is 43.3 Å². The van der Waals surface area contributed by atoms with Crippen molar-refractivity contribution in [1.29, 1.82) is 0 Å². The lowest BCUT2D eigenvalue weighted by Crippen LogP contribution is -2.10. The molecule has 1 N–H and O–H groups in total. The number of imidazole rings is 1. The summed E-state index contributed by atoms with van der Waals surface area (Å²) in [5, 5.41) is 8.84. The van der Waals surface area contributed by atoms with Crippen LogP contribution in [0.3, 0.4) is 0 Å². The third kappa shape index (κ3) is 2.74. The molecule has 0 atom stereocenters. The number of hydrogen-bond acceptors (Lipinski definition) is 5. The molecule has 7 nitrogen and oxygen atoms in total. The molecular formula is C20H23N7. The first-order valence-electron chi connectivity index (χ1n) is 9.54. The van der Waals surface area contributed by atoms with Gasteiger partial charge in [0.1, 0.15) is 17.5 Å². The molecular weight excluding hydrogens is 338 g/mol. The summed E-state index contributed by atoms with van der Waals surface area (Å²) in [6.07, 6.45) is 6.71. The van der Waals surface area contributed by atoms with E-state index in [9.17, 15) is 0 Å². The van der Waals surface area contributed by atoms with Gasteiger partial charge in [0.25, 0.3) is 0 Å². The Kier molecular flexibility index (Phi) is 3.81. The van der Waals surface area contributed by atoms with E-state index in [0.717, 1.165) is 39.5 Å². The fraction of sp³-hybridized carbons (Fsp3) is 0.400. The minimum atomic E-state index is 0.459. The van der Waals surface area contributed by atoms with Crippen molar-refractivity contribution >= 4 is 27.9 Å². The highest BCUT2D eigenvalue weighted by atomic mass is 15.3. The van der Waals surface area contributed by atoms with Gasteiger partial charge in [0.15, 0.2) is 5.65 Å². The third-order valence-corrected chi connectivity index (χ3v) is 5.62. The van der Waals surface area contributed by atoms with E-state index in [0.29, 0.717) is 12.5 Å². The molecule has 0 amide bonds. The monoisotopic (exact) mass is 361 g/mol. The SMILES string of the molecule is Cn1ncc2c(NCc3nc4ccccc4n3C)nc(C3CCCC3)nc21. The van der Waals surface area contributed by atoms with Gasteiger partial charge < -0.3 is 9.88 Å². The quantitative estimate of drug-likeness (QED) is 0.602. The van der Waals surface area contributed by atoms with E-state index >= 15 is 0 Å². The van der Waals surface area contributed by atoms with Crippen molar-refractivity contribution in [3.05, 3.63) is 42.1 Å². The fourth-order valence-corrected chi connectivity index (χ4v) is 4.06. The molecule has 5 rings (SSSR count). The maximum Gasteiger partial charge on any atom is 0.163 e. The largest absolute Gasteiger partial charge is 0.362 e. The molecule has 1 saturated carbocycles. The second-order valence-corrected chi connectivity index (χ2v) is 7.35. The Balaban J connectivity index is 1.50. The summed E-state index contributed by atoms with van der Waals surface area (Å²) >= 11 is 0. The highest BCUT2D eigenvalue weighted by Crippen LogP contribution is 2.34. The van der Waals surface area contributed by atoms with Gasteiger partial charge in [0, 0.05) is 20.0 Å². The predicted octanol–water partition coefficient (Wildman–Crippen LogP) is 3.52. The number of fused-ring (bicyclic) bond motifs is 2. The van der Waals surface area contributed by atoms with Crippen molar-refractivity contribution in [1.82, 2.24) is 29.3 Å². The molecule has 0 unspecified atom stereocenters. The van der Waals surface area contributed by atoms with E-state index in [1.165, 1.54) is 25.7 Å². The van der Waals surface area contributed by atoms with Gasteiger partial charge in [-0.05, 0) is 25.0 Å². The van der Waals surface area contributed by atoms with Gasteiger partial charge in [-0.1, -0.05) is 25.0 Å². The highest BCUT2D eigenvalue weighted by molar-refractivity contribution is 5.86. The third-order valence-electron chi connectivity index (χ3n) is 5.62. The second kappa shape index (κ2) is 6.33. The summed E-state index contributed by atoms with van der Waals surface area (Å²) < 4.78 is 3.96. The van der Waals surface area contributed by atoms with Gasteiger partial charge in [-0.2, -0.15) is 5.10 Å². The van der Waals surface area contributed by atoms with E-state index in [4.69, 9.17) is 15.0 Å². The van der Waals surface area contributed by atoms with Crippen molar-refractivity contribution < 1.29 is 0 Å². The van der Waals surface area contributed by atoms with Crippen LogP contribution in [0.2, 0.25) is 0 Å². The van der Waals surface area contributed by atoms with E-state index in [1.54, 1.807) is 0 Å². The molecule has 0 saturated heterocycles. The topological polar surface area (TPSA) is 73.5 Å². The number of aryl methyl sites for hydroxylation is 2. The van der Waals surface area contributed by atoms with Gasteiger partial charge >= 0.3 is 0 Å². The lowest BCUT2D eigenvalue weighted by Gasteiger charge is -2.12. The second-order valence-electron chi connectivity index (χ2n) is 7.35. The highest BCUT2D eigenvalue weighted by Gasteiger charge is 2.22. The van der Waals surface area contributed by atoms with Crippen LogP contribution in [-0.4, -0.2) is 29.3 Å². The van der Waals surface area contributed by atoms with Crippen LogP contribution in [0, 0.1) is 0 Å². The molecule has 0 aliphatic heterocycles. The zero-order valence-electron chi connectivity index (χ0n) is 15.7. The summed E-state index contributed by atoms with van der Waals surface area (Å²) in [5.41, 5.74) is 3.03. The molecule has 0 bridgehead atoms. The molecule has 1 fully saturated rings. The summed E-state index contributed by atoms with van der Waals surface area (Å²) in [6.45, 7) is 0.607. The maximum atomic E-state index is 4.88. The Hall–Kier alpha value is -2.96. The molecule has 4 aromatic rings. The van der Waals surface area contributed by atoms with Crippen molar-refractivity contribution in [3.8, 4) is 0 Å². The zero-order valence-corrected chi connectivity index (χ0v) is 15.7. The van der Waals surface area contributed by atoms with E-state index in [2.05, 4.69) is 28.1 Å². The standard InChI is InChI=1S/C20H23N7/c1-26-16-10-6-5-9-15(16)23-17(26)12-21-19-14-11-22-27(2)20(14)25-18(24-19)13-7-3-4-8-13/h5-6,9-11,13H,3-4,7-8,12H2,1-2H3,(H,21,24,25). The van der Waals surface area contributed by atoms with Crippen LogP contribution in [0.4, 0.5) is 5.82 Å². The fourth-order valence-electron chi connectivity index (χ4n) is 4.06. The number of aromatic nitrogens is 6. The van der Waals surface area contributed by atoms with Gasteiger partial charge in [0.05, 0.1) is 29.2 Å². The summed E-state index contributed by atoms with van der Waals surface area (Å²) in [7, 11) is 3.99. The molecule has 3 heterocycles. The lowest BCUT2D eigenvalue weighted by molar-refractivity contribution is 0.667. The molecule has 138 valence electrons. The van der Waals surface area contributed by atoms with Crippen molar-refractivity contribution in [2.24, 2.45) is 14.1 Å². The molecule has 3 aromatic heterocycles. The number of hydrogen-bond donors (Lipinski definition) is 1. The lowest BCUT2D eigenvalue weighted by atomic mass is 10.1. The first-order chi connectivity index (χ1) is 13.2. The van der Waals surface area contributed by atoms with E-state index < -0.39 is 0 Å². The summed E-state index contributed by atoms with van der Waals surface area (Å²) in [4.78, 5) is 14.4. The zero-order chi connectivity index (χ0) is 18.4. The number of benzene rings is 1. The van der Waals surface area contributed by atoms with Gasteiger partial charge in [-0.15, -0.1) is 0 Å². The average Bonchev–Trinajstić information content (AvgIpc) is 3.41. The van der Waals surface area contributed by atoms with Crippen molar-refractivity contribution in [2.75, 3.05) is 5.32 Å². The Morgan fingerprint density at radius 2 is 1.89 bits per heavy atom. The Labute approximate surface area is 157 Å². The molecule has 0 spiro atoms. The number of rotatable bonds is 4. The minimum Gasteiger partial charge on any atom is -0.362 e. The van der Waals surface area contributed by atoms with Crippen molar-refractivity contribution in [2.45, 2.75) is 38.1 Å². The number of nitrogens with one attached hydrogen (secondary N) is 1. The van der Waals surface area contributed by atoms with Crippen LogP contribution in [0.5, 0.6) is 0 Å². The number of nitrogens with zero attached hydrogens (tertiary/aromatic N) is 6. The Bertz CT molecular complexity index is 1120. The molecule has 7 heteroatoms. The maximum absolute atomic E-state index is 4.88. The first kappa shape index (κ1) is 16.2. The summed E-state index contributed by atoms with van der Waals surface area (Å²) in [5.74, 6) is 3.23. The van der Waals surface area contributed by atoms with E-state index in [1.807, 2.05) is 36.1 Å². The van der Waals surface area contributed by atoms with Crippen LogP contribution in [-0.2, 0) is 20.6 Å². The normalized spacial score (nSPS) is 15.2. The van der Waals surface area contributed by atoms with Crippen LogP contribution >= 0.6 is 0 Å². The number of anilines is 1.